The zero-order valence-electron chi connectivity index (χ0n) is 7.40. The minimum atomic E-state index is -3.23. The summed E-state index contributed by atoms with van der Waals surface area (Å²) in [4.78, 5) is 0. The van der Waals surface area contributed by atoms with Crippen molar-refractivity contribution in [3.63, 3.8) is 0 Å². The molecular weight excluding hydrogens is 194 g/mol. The van der Waals surface area contributed by atoms with E-state index in [2.05, 4.69) is 11.3 Å². The Hall–Kier alpha value is -0.430. The van der Waals surface area contributed by atoms with Crippen molar-refractivity contribution in [1.82, 2.24) is 4.72 Å². The maximum atomic E-state index is 11.0. The van der Waals surface area contributed by atoms with Gasteiger partial charge in [-0.15, -0.1) is 6.58 Å². The van der Waals surface area contributed by atoms with Crippen LogP contribution in [0.3, 0.4) is 0 Å². The molecule has 0 aliphatic carbocycles. The Labute approximate surface area is 78.5 Å². The monoisotopic (exact) mass is 209 g/mol. The van der Waals surface area contributed by atoms with Gasteiger partial charge in [-0.2, -0.15) is 0 Å². The molecule has 0 aliphatic rings. The first-order chi connectivity index (χ1) is 6.12. The van der Waals surface area contributed by atoms with Crippen molar-refractivity contribution in [2.24, 2.45) is 0 Å². The summed E-state index contributed by atoms with van der Waals surface area (Å²) in [6.45, 7) is 3.97. The van der Waals surface area contributed by atoms with Crippen molar-refractivity contribution >= 4 is 10.0 Å². The van der Waals surface area contributed by atoms with Gasteiger partial charge in [-0.25, -0.2) is 13.1 Å². The van der Waals surface area contributed by atoms with Gasteiger partial charge in [-0.3, -0.25) is 0 Å². The third-order valence-corrected chi connectivity index (χ3v) is 2.46. The molecule has 2 N–H and O–H groups in total. The van der Waals surface area contributed by atoms with Crippen molar-refractivity contribution in [3.8, 4) is 0 Å². The Bertz CT molecular complexity index is 225. The molecular formula is C7H15NO4S. The van der Waals surface area contributed by atoms with E-state index in [1.807, 2.05) is 0 Å². The molecule has 0 heterocycles. The molecule has 0 saturated carbocycles. The summed E-state index contributed by atoms with van der Waals surface area (Å²) < 4.78 is 29.1. The standard InChI is InChI=1S/C7H15NO4S/c1-2-7-13(10,11)8-3-5-12-6-4-9/h2,8-9H,1,3-7H2. The topological polar surface area (TPSA) is 75.6 Å². The first kappa shape index (κ1) is 12.6. The molecule has 0 unspecified atom stereocenters. The van der Waals surface area contributed by atoms with Gasteiger partial charge in [0.25, 0.3) is 0 Å². The van der Waals surface area contributed by atoms with E-state index in [1.165, 1.54) is 6.08 Å². The summed E-state index contributed by atoms with van der Waals surface area (Å²) in [5.74, 6) is -0.0903. The highest BCUT2D eigenvalue weighted by atomic mass is 32.2. The van der Waals surface area contributed by atoms with Gasteiger partial charge in [-0.05, 0) is 0 Å². The lowest BCUT2D eigenvalue weighted by atomic mass is 10.7. The number of aliphatic hydroxyl groups is 1. The maximum Gasteiger partial charge on any atom is 0.215 e. The average molecular weight is 209 g/mol. The van der Waals surface area contributed by atoms with Crippen molar-refractivity contribution in [3.05, 3.63) is 12.7 Å². The van der Waals surface area contributed by atoms with Crippen LogP contribution in [0.15, 0.2) is 12.7 Å². The van der Waals surface area contributed by atoms with E-state index >= 15 is 0 Å². The Kier molecular flexibility index (Phi) is 6.79. The van der Waals surface area contributed by atoms with E-state index in [9.17, 15) is 8.42 Å². The Morgan fingerprint density at radius 3 is 2.69 bits per heavy atom. The van der Waals surface area contributed by atoms with E-state index < -0.39 is 10.0 Å². The number of aliphatic hydroxyl groups excluding tert-OH is 1. The third kappa shape index (κ3) is 7.92. The van der Waals surface area contributed by atoms with E-state index in [1.54, 1.807) is 0 Å². The van der Waals surface area contributed by atoms with Crippen molar-refractivity contribution < 1.29 is 18.3 Å². The van der Waals surface area contributed by atoms with Gasteiger partial charge in [0.2, 0.25) is 10.0 Å². The molecule has 13 heavy (non-hydrogen) atoms. The van der Waals surface area contributed by atoms with Gasteiger partial charge in [0.05, 0.1) is 25.6 Å². The van der Waals surface area contributed by atoms with Crippen LogP contribution in [0, 0.1) is 0 Å². The molecule has 0 saturated heterocycles. The number of sulfonamides is 1. The van der Waals surface area contributed by atoms with Crippen molar-refractivity contribution in [2.75, 3.05) is 32.1 Å². The zero-order chi connectivity index (χ0) is 10.2. The first-order valence-electron chi connectivity index (χ1n) is 3.89. The zero-order valence-corrected chi connectivity index (χ0v) is 8.22. The molecule has 0 aromatic heterocycles. The van der Waals surface area contributed by atoms with Gasteiger partial charge in [-0.1, -0.05) is 6.08 Å². The van der Waals surface area contributed by atoms with Crippen LogP contribution in [0.1, 0.15) is 0 Å². The molecule has 0 aromatic rings. The molecule has 0 rings (SSSR count). The molecule has 0 spiro atoms. The van der Waals surface area contributed by atoms with Gasteiger partial charge in [0.1, 0.15) is 0 Å². The summed E-state index contributed by atoms with van der Waals surface area (Å²) in [5, 5.41) is 8.33. The highest BCUT2D eigenvalue weighted by molar-refractivity contribution is 7.89. The SMILES string of the molecule is C=CCS(=O)(=O)NCCOCCO. The summed E-state index contributed by atoms with van der Waals surface area (Å²) in [6.07, 6.45) is 1.32. The Morgan fingerprint density at radius 2 is 2.15 bits per heavy atom. The number of nitrogens with one attached hydrogen (secondary N) is 1. The summed E-state index contributed by atoms with van der Waals surface area (Å²) in [5.41, 5.74) is 0. The smallest absolute Gasteiger partial charge is 0.215 e. The van der Waals surface area contributed by atoms with Crippen LogP contribution in [-0.2, 0) is 14.8 Å². The third-order valence-electron chi connectivity index (χ3n) is 1.14. The molecule has 0 fully saturated rings. The molecule has 0 bridgehead atoms. The predicted octanol–water partition coefficient (Wildman–Crippen LogP) is -0.899. The second-order valence-corrected chi connectivity index (χ2v) is 4.15. The second kappa shape index (κ2) is 7.02. The lowest BCUT2D eigenvalue weighted by Crippen LogP contribution is -2.29. The van der Waals surface area contributed by atoms with Gasteiger partial charge < -0.3 is 9.84 Å². The summed E-state index contributed by atoms with van der Waals surface area (Å²) >= 11 is 0. The molecule has 78 valence electrons. The van der Waals surface area contributed by atoms with Crippen molar-refractivity contribution in [1.29, 1.82) is 0 Å². The van der Waals surface area contributed by atoms with Crippen LogP contribution < -0.4 is 4.72 Å². The summed E-state index contributed by atoms with van der Waals surface area (Å²) in [6, 6.07) is 0. The largest absolute Gasteiger partial charge is 0.394 e. The van der Waals surface area contributed by atoms with Crippen LogP contribution in [-0.4, -0.2) is 45.6 Å². The molecule has 0 aliphatic heterocycles. The van der Waals surface area contributed by atoms with Gasteiger partial charge in [0.15, 0.2) is 0 Å². The first-order valence-corrected chi connectivity index (χ1v) is 5.54. The number of hydrogen-bond acceptors (Lipinski definition) is 4. The number of hydrogen-bond donors (Lipinski definition) is 2. The molecule has 0 radical (unpaired) electrons. The Morgan fingerprint density at radius 1 is 1.46 bits per heavy atom. The molecule has 6 heteroatoms. The molecule has 0 atom stereocenters. The number of rotatable bonds is 8. The fourth-order valence-electron chi connectivity index (χ4n) is 0.650. The van der Waals surface area contributed by atoms with E-state index in [0.29, 0.717) is 0 Å². The van der Waals surface area contributed by atoms with Crippen LogP contribution in [0.2, 0.25) is 0 Å². The maximum absolute atomic E-state index is 11.0. The predicted molar refractivity (Wildman–Crippen MR) is 49.9 cm³/mol. The highest BCUT2D eigenvalue weighted by Crippen LogP contribution is 1.83. The minimum Gasteiger partial charge on any atom is -0.394 e. The second-order valence-electron chi connectivity index (χ2n) is 2.30. The van der Waals surface area contributed by atoms with Gasteiger partial charge >= 0.3 is 0 Å². The van der Waals surface area contributed by atoms with Crippen LogP contribution in [0.5, 0.6) is 0 Å². The summed E-state index contributed by atoms with van der Waals surface area (Å²) in [7, 11) is -3.23. The number of ether oxygens (including phenoxy) is 1. The molecule has 0 amide bonds. The minimum absolute atomic E-state index is 0.0561. The van der Waals surface area contributed by atoms with Crippen LogP contribution >= 0.6 is 0 Å². The normalized spacial score (nSPS) is 11.5. The van der Waals surface area contributed by atoms with Crippen molar-refractivity contribution in [2.45, 2.75) is 0 Å². The van der Waals surface area contributed by atoms with Gasteiger partial charge in [0, 0.05) is 6.54 Å². The van der Waals surface area contributed by atoms with E-state index in [-0.39, 0.29) is 32.1 Å². The lowest BCUT2D eigenvalue weighted by molar-refractivity contribution is 0.0961. The molecule has 5 nitrogen and oxygen atoms in total. The average Bonchev–Trinajstić information content (AvgIpc) is 2.04. The van der Waals surface area contributed by atoms with Crippen LogP contribution in [0.4, 0.5) is 0 Å². The lowest BCUT2D eigenvalue weighted by Gasteiger charge is -2.04. The fraction of sp³-hybridized carbons (Fsp3) is 0.714. The van der Waals surface area contributed by atoms with E-state index in [4.69, 9.17) is 9.84 Å². The molecule has 0 aromatic carbocycles. The van der Waals surface area contributed by atoms with Crippen LogP contribution in [0.25, 0.3) is 0 Å². The van der Waals surface area contributed by atoms with E-state index in [0.717, 1.165) is 0 Å². The Balaban J connectivity index is 3.46. The highest BCUT2D eigenvalue weighted by Gasteiger charge is 2.05. The fourth-order valence-corrected chi connectivity index (χ4v) is 1.47. The quantitative estimate of drug-likeness (QED) is 0.401.